The molecule has 1 saturated heterocycles. The Balaban J connectivity index is 2.04. The van der Waals surface area contributed by atoms with Crippen LogP contribution in [0.25, 0.3) is 0 Å². The molecule has 136 valence electrons. The van der Waals surface area contributed by atoms with Gasteiger partial charge in [-0.05, 0) is 43.5 Å². The van der Waals surface area contributed by atoms with E-state index in [1.165, 1.54) is 24.3 Å². The van der Waals surface area contributed by atoms with Gasteiger partial charge in [-0.3, -0.25) is 10.1 Å². The first-order chi connectivity index (χ1) is 12.5. The predicted octanol–water partition coefficient (Wildman–Crippen LogP) is 3.22. The molecule has 1 fully saturated rings. The van der Waals surface area contributed by atoms with Crippen molar-refractivity contribution >= 4 is 21.5 Å². The summed E-state index contributed by atoms with van der Waals surface area (Å²) in [6.07, 6.45) is 3.00. The van der Waals surface area contributed by atoms with E-state index in [2.05, 4.69) is 4.40 Å². The monoisotopic (exact) mass is 373 g/mol. The average Bonchev–Trinajstić information content (AvgIpc) is 2.68. The van der Waals surface area contributed by atoms with E-state index >= 15 is 0 Å². The van der Waals surface area contributed by atoms with Gasteiger partial charge < -0.3 is 4.90 Å². The number of sulfonamides is 1. The fourth-order valence-corrected chi connectivity index (χ4v) is 3.94. The first kappa shape index (κ1) is 18.1. The van der Waals surface area contributed by atoms with E-state index in [-0.39, 0.29) is 10.6 Å². The van der Waals surface area contributed by atoms with Gasteiger partial charge in [-0.1, -0.05) is 18.2 Å². The van der Waals surface area contributed by atoms with Gasteiger partial charge in [0.2, 0.25) is 0 Å². The molecule has 0 aromatic heterocycles. The Bertz CT molecular complexity index is 903. The first-order valence-electron chi connectivity index (χ1n) is 8.37. The van der Waals surface area contributed by atoms with E-state index in [0.29, 0.717) is 24.5 Å². The van der Waals surface area contributed by atoms with Crippen molar-refractivity contribution < 1.29 is 13.3 Å². The lowest BCUT2D eigenvalue weighted by atomic mass is 10.1. The maximum absolute atomic E-state index is 12.7. The molecule has 0 aliphatic carbocycles. The number of hydrogen-bond donors (Lipinski definition) is 0. The molecule has 0 spiro atoms. The van der Waals surface area contributed by atoms with E-state index in [4.69, 9.17) is 0 Å². The van der Waals surface area contributed by atoms with Crippen molar-refractivity contribution in [2.75, 3.05) is 13.1 Å². The summed E-state index contributed by atoms with van der Waals surface area (Å²) in [5.41, 5.74) is 0.509. The van der Waals surface area contributed by atoms with Gasteiger partial charge in [0.25, 0.3) is 15.7 Å². The van der Waals surface area contributed by atoms with Crippen LogP contribution in [0, 0.1) is 10.1 Å². The van der Waals surface area contributed by atoms with Crippen LogP contribution in [0.5, 0.6) is 0 Å². The average molecular weight is 373 g/mol. The van der Waals surface area contributed by atoms with E-state index < -0.39 is 14.9 Å². The third kappa shape index (κ3) is 4.08. The second kappa shape index (κ2) is 7.65. The standard InChI is InChI=1S/C18H19N3O4S/c22-21(23)16-11-9-15(10-12-16)18(20-13-5-2-6-14-20)19-26(24,25)17-7-3-1-4-8-17/h1,3-4,7-12H,2,5-6,13-14H2/b19-18-. The molecule has 0 bridgehead atoms. The number of hydrogen-bond acceptors (Lipinski definition) is 4. The van der Waals surface area contributed by atoms with Crippen molar-refractivity contribution in [1.29, 1.82) is 0 Å². The molecular formula is C18H19N3O4S. The number of nitrogens with zero attached hydrogens (tertiary/aromatic N) is 3. The molecule has 0 N–H and O–H groups in total. The van der Waals surface area contributed by atoms with E-state index in [1.54, 1.807) is 30.3 Å². The minimum absolute atomic E-state index is 0.0438. The molecule has 2 aromatic rings. The molecule has 0 amide bonds. The third-order valence-corrected chi connectivity index (χ3v) is 5.52. The van der Waals surface area contributed by atoms with Gasteiger partial charge in [0.05, 0.1) is 9.82 Å². The Morgan fingerprint density at radius 1 is 0.962 bits per heavy atom. The molecule has 26 heavy (non-hydrogen) atoms. The Morgan fingerprint density at radius 2 is 1.58 bits per heavy atom. The molecule has 1 aliphatic rings. The highest BCUT2D eigenvalue weighted by Crippen LogP contribution is 2.20. The van der Waals surface area contributed by atoms with Crippen molar-refractivity contribution in [3.63, 3.8) is 0 Å². The summed E-state index contributed by atoms with van der Waals surface area (Å²) < 4.78 is 29.5. The van der Waals surface area contributed by atoms with Gasteiger partial charge in [-0.15, -0.1) is 4.40 Å². The largest absolute Gasteiger partial charge is 0.355 e. The van der Waals surface area contributed by atoms with E-state index in [9.17, 15) is 18.5 Å². The lowest BCUT2D eigenvalue weighted by Gasteiger charge is -2.29. The minimum atomic E-state index is -3.87. The number of benzene rings is 2. The summed E-state index contributed by atoms with van der Waals surface area (Å²) in [6.45, 7) is 1.42. The zero-order valence-electron chi connectivity index (χ0n) is 14.1. The van der Waals surface area contributed by atoms with E-state index in [1.807, 2.05) is 4.90 Å². The van der Waals surface area contributed by atoms with Gasteiger partial charge in [0, 0.05) is 30.8 Å². The quantitative estimate of drug-likeness (QED) is 0.355. The van der Waals surface area contributed by atoms with Crippen LogP contribution in [-0.2, 0) is 10.0 Å². The maximum atomic E-state index is 12.7. The normalized spacial score (nSPS) is 15.7. The molecule has 0 radical (unpaired) electrons. The number of nitro benzene ring substituents is 1. The summed E-state index contributed by atoms with van der Waals surface area (Å²) in [5.74, 6) is 0.337. The number of rotatable bonds is 4. The summed E-state index contributed by atoms with van der Waals surface area (Å²) in [4.78, 5) is 12.4. The minimum Gasteiger partial charge on any atom is -0.355 e. The molecule has 8 heteroatoms. The molecule has 0 atom stereocenters. The lowest BCUT2D eigenvalue weighted by molar-refractivity contribution is -0.384. The Kier molecular flexibility index (Phi) is 5.32. The van der Waals surface area contributed by atoms with Crippen LogP contribution in [0.1, 0.15) is 24.8 Å². The molecule has 0 unspecified atom stereocenters. The van der Waals surface area contributed by atoms with Gasteiger partial charge in [0.1, 0.15) is 5.84 Å². The molecule has 0 saturated carbocycles. The van der Waals surface area contributed by atoms with Crippen LogP contribution in [0.3, 0.4) is 0 Å². The number of non-ortho nitro benzene ring substituents is 1. The van der Waals surface area contributed by atoms with Crippen LogP contribution in [0.15, 0.2) is 63.9 Å². The van der Waals surface area contributed by atoms with Crippen molar-refractivity contribution in [2.24, 2.45) is 4.40 Å². The Morgan fingerprint density at radius 3 is 2.15 bits per heavy atom. The van der Waals surface area contributed by atoms with Crippen LogP contribution in [0.4, 0.5) is 5.69 Å². The van der Waals surface area contributed by atoms with Crippen molar-refractivity contribution in [3.05, 3.63) is 70.3 Å². The maximum Gasteiger partial charge on any atom is 0.284 e. The highest BCUT2D eigenvalue weighted by molar-refractivity contribution is 7.90. The zero-order valence-corrected chi connectivity index (χ0v) is 14.9. The highest BCUT2D eigenvalue weighted by Gasteiger charge is 2.22. The summed E-state index contributed by atoms with van der Waals surface area (Å²) in [7, 11) is -3.87. The molecule has 2 aromatic carbocycles. The smallest absolute Gasteiger partial charge is 0.284 e. The topological polar surface area (TPSA) is 92.9 Å². The van der Waals surface area contributed by atoms with Crippen LogP contribution in [-0.4, -0.2) is 37.2 Å². The van der Waals surface area contributed by atoms with Crippen LogP contribution >= 0.6 is 0 Å². The van der Waals surface area contributed by atoms with Crippen molar-refractivity contribution in [3.8, 4) is 0 Å². The van der Waals surface area contributed by atoms with Crippen molar-refractivity contribution in [2.45, 2.75) is 24.2 Å². The van der Waals surface area contributed by atoms with E-state index in [0.717, 1.165) is 19.3 Å². The van der Waals surface area contributed by atoms with Crippen molar-refractivity contribution in [1.82, 2.24) is 4.90 Å². The summed E-state index contributed by atoms with van der Waals surface area (Å²) in [6, 6.07) is 13.9. The third-order valence-electron chi connectivity index (χ3n) is 4.24. The van der Waals surface area contributed by atoms with Crippen LogP contribution in [0.2, 0.25) is 0 Å². The van der Waals surface area contributed by atoms with Gasteiger partial charge in [-0.2, -0.15) is 8.42 Å². The predicted molar refractivity (Wildman–Crippen MR) is 98.7 cm³/mol. The molecule has 3 rings (SSSR count). The number of likely N-dealkylation sites (tertiary alicyclic amines) is 1. The second-order valence-corrected chi connectivity index (χ2v) is 7.66. The molecule has 1 heterocycles. The fraction of sp³-hybridized carbons (Fsp3) is 0.278. The SMILES string of the molecule is O=[N+]([O-])c1ccc(/C(=N/S(=O)(=O)c2ccccc2)N2CCCCC2)cc1. The zero-order chi connectivity index (χ0) is 18.6. The Hall–Kier alpha value is -2.74. The lowest BCUT2D eigenvalue weighted by Crippen LogP contribution is -2.36. The first-order valence-corrected chi connectivity index (χ1v) is 9.81. The highest BCUT2D eigenvalue weighted by atomic mass is 32.2. The molecular weight excluding hydrogens is 354 g/mol. The second-order valence-electron chi connectivity index (χ2n) is 6.05. The molecule has 1 aliphatic heterocycles. The van der Waals surface area contributed by atoms with Gasteiger partial charge >= 0.3 is 0 Å². The van der Waals surface area contributed by atoms with Gasteiger partial charge in [-0.25, -0.2) is 0 Å². The fourth-order valence-electron chi connectivity index (χ4n) is 2.89. The van der Waals surface area contributed by atoms with Gasteiger partial charge in [0.15, 0.2) is 0 Å². The summed E-state index contributed by atoms with van der Waals surface area (Å²) >= 11 is 0. The summed E-state index contributed by atoms with van der Waals surface area (Å²) in [5, 5.41) is 10.9. The Labute approximate surface area is 152 Å². The van der Waals surface area contributed by atoms with Crippen LogP contribution < -0.4 is 0 Å². The molecule has 7 nitrogen and oxygen atoms in total. The number of amidine groups is 1. The number of nitro groups is 1. The number of piperidine rings is 1.